The monoisotopic (exact) mass is 337 g/mol. The zero-order valence-electron chi connectivity index (χ0n) is 10.9. The second kappa shape index (κ2) is 6.10. The Morgan fingerprint density at radius 1 is 1.25 bits per heavy atom. The van der Waals surface area contributed by atoms with Gasteiger partial charge in [0.15, 0.2) is 0 Å². The summed E-state index contributed by atoms with van der Waals surface area (Å²) in [5.41, 5.74) is -0.406. The zero-order chi connectivity index (χ0) is 14.8. The van der Waals surface area contributed by atoms with Crippen LogP contribution < -0.4 is 9.88 Å². The SMILES string of the molecule is NS(=O)(=O)CC1(COc2ccc(Cl)cc2Cl)CCCC1. The lowest BCUT2D eigenvalue weighted by Gasteiger charge is -2.27. The van der Waals surface area contributed by atoms with Gasteiger partial charge < -0.3 is 4.74 Å². The van der Waals surface area contributed by atoms with E-state index in [0.29, 0.717) is 22.4 Å². The summed E-state index contributed by atoms with van der Waals surface area (Å²) < 4.78 is 28.5. The van der Waals surface area contributed by atoms with Crippen LogP contribution in [0.4, 0.5) is 0 Å². The molecule has 2 N–H and O–H groups in total. The third-order valence-electron chi connectivity index (χ3n) is 3.60. The van der Waals surface area contributed by atoms with Crippen LogP contribution in [0.15, 0.2) is 18.2 Å². The number of nitrogens with two attached hydrogens (primary N) is 1. The second-order valence-electron chi connectivity index (χ2n) is 5.38. The van der Waals surface area contributed by atoms with E-state index in [1.807, 2.05) is 0 Å². The van der Waals surface area contributed by atoms with Crippen molar-refractivity contribution in [3.8, 4) is 5.75 Å². The molecule has 1 fully saturated rings. The van der Waals surface area contributed by atoms with E-state index >= 15 is 0 Å². The fourth-order valence-corrected chi connectivity index (χ4v) is 4.39. The molecule has 0 bridgehead atoms. The molecule has 4 nitrogen and oxygen atoms in total. The van der Waals surface area contributed by atoms with Crippen molar-refractivity contribution in [3.05, 3.63) is 28.2 Å². The van der Waals surface area contributed by atoms with Gasteiger partial charge in [0.25, 0.3) is 0 Å². The van der Waals surface area contributed by atoms with E-state index in [1.54, 1.807) is 18.2 Å². The number of primary sulfonamides is 1. The molecule has 0 aromatic heterocycles. The molecule has 0 radical (unpaired) electrons. The first-order valence-electron chi connectivity index (χ1n) is 6.38. The summed E-state index contributed by atoms with van der Waals surface area (Å²) in [7, 11) is -3.52. The fraction of sp³-hybridized carbons (Fsp3) is 0.538. The number of sulfonamides is 1. The Balaban J connectivity index is 2.09. The van der Waals surface area contributed by atoms with Crippen LogP contribution >= 0.6 is 23.2 Å². The minimum absolute atomic E-state index is 0.0504. The summed E-state index contributed by atoms with van der Waals surface area (Å²) in [4.78, 5) is 0. The highest BCUT2D eigenvalue weighted by Gasteiger charge is 2.38. The molecule has 1 aromatic rings. The molecular weight excluding hydrogens is 321 g/mol. The van der Waals surface area contributed by atoms with Crippen LogP contribution in [0.25, 0.3) is 0 Å². The lowest BCUT2D eigenvalue weighted by atomic mass is 9.90. The van der Waals surface area contributed by atoms with E-state index in [2.05, 4.69) is 0 Å². The van der Waals surface area contributed by atoms with E-state index in [9.17, 15) is 8.42 Å². The minimum atomic E-state index is -3.52. The standard InChI is InChI=1S/C13H17Cl2NO3S/c14-10-3-4-12(11(15)7-10)19-8-13(5-1-2-6-13)9-20(16,17)18/h3-4,7H,1-2,5-6,8-9H2,(H2,16,17,18). The zero-order valence-corrected chi connectivity index (χ0v) is 13.3. The molecule has 20 heavy (non-hydrogen) atoms. The van der Waals surface area contributed by atoms with Gasteiger partial charge in [0.1, 0.15) is 5.75 Å². The van der Waals surface area contributed by atoms with Crippen LogP contribution in [0.1, 0.15) is 25.7 Å². The Morgan fingerprint density at radius 2 is 1.90 bits per heavy atom. The fourth-order valence-electron chi connectivity index (χ4n) is 2.71. The number of halogens is 2. The molecule has 2 rings (SSSR count). The van der Waals surface area contributed by atoms with Crippen molar-refractivity contribution < 1.29 is 13.2 Å². The van der Waals surface area contributed by atoms with E-state index < -0.39 is 15.4 Å². The highest BCUT2D eigenvalue weighted by Crippen LogP contribution is 2.40. The van der Waals surface area contributed by atoms with Crippen molar-refractivity contribution in [1.29, 1.82) is 0 Å². The van der Waals surface area contributed by atoms with Crippen LogP contribution in [0.2, 0.25) is 10.0 Å². The van der Waals surface area contributed by atoms with Gasteiger partial charge in [-0.1, -0.05) is 36.0 Å². The van der Waals surface area contributed by atoms with E-state index in [4.69, 9.17) is 33.1 Å². The molecule has 112 valence electrons. The van der Waals surface area contributed by atoms with Gasteiger partial charge >= 0.3 is 0 Å². The number of hydrogen-bond donors (Lipinski definition) is 1. The third-order valence-corrected chi connectivity index (χ3v) is 5.14. The number of rotatable bonds is 5. The Bertz CT molecular complexity index is 583. The molecule has 0 amide bonds. The summed E-state index contributed by atoms with van der Waals surface area (Å²) >= 11 is 11.9. The molecular formula is C13H17Cl2NO3S. The second-order valence-corrected chi connectivity index (χ2v) is 7.84. The first kappa shape index (κ1) is 15.9. The average molecular weight is 338 g/mol. The molecule has 0 aliphatic heterocycles. The maximum atomic E-state index is 11.4. The molecule has 7 heteroatoms. The van der Waals surface area contributed by atoms with Gasteiger partial charge in [-0.3, -0.25) is 0 Å². The number of ether oxygens (including phenoxy) is 1. The molecule has 0 unspecified atom stereocenters. The number of benzene rings is 1. The highest BCUT2D eigenvalue weighted by atomic mass is 35.5. The maximum Gasteiger partial charge on any atom is 0.209 e. The molecule has 1 aliphatic carbocycles. The smallest absolute Gasteiger partial charge is 0.209 e. The quantitative estimate of drug-likeness (QED) is 0.896. The van der Waals surface area contributed by atoms with E-state index in [-0.39, 0.29) is 5.75 Å². The summed E-state index contributed by atoms with van der Waals surface area (Å²) in [6.45, 7) is 0.296. The van der Waals surface area contributed by atoms with Crippen molar-refractivity contribution in [2.24, 2.45) is 10.6 Å². The summed E-state index contributed by atoms with van der Waals surface area (Å²) in [6.07, 6.45) is 3.59. The van der Waals surface area contributed by atoms with Crippen LogP contribution in [-0.2, 0) is 10.0 Å². The Kier molecular flexibility index (Phi) is 4.84. The first-order valence-corrected chi connectivity index (χ1v) is 8.85. The van der Waals surface area contributed by atoms with Gasteiger partial charge in [-0.2, -0.15) is 0 Å². The molecule has 1 aliphatic rings. The third kappa shape index (κ3) is 4.25. The van der Waals surface area contributed by atoms with Crippen molar-refractivity contribution in [1.82, 2.24) is 0 Å². The molecule has 1 saturated carbocycles. The highest BCUT2D eigenvalue weighted by molar-refractivity contribution is 7.89. The number of hydrogen-bond acceptors (Lipinski definition) is 3. The summed E-state index contributed by atoms with van der Waals surface area (Å²) in [6, 6.07) is 4.97. The van der Waals surface area contributed by atoms with Gasteiger partial charge in [0, 0.05) is 10.4 Å². The summed E-state index contributed by atoms with van der Waals surface area (Å²) in [5.74, 6) is 0.461. The predicted octanol–water partition coefficient (Wildman–Crippen LogP) is 3.22. The topological polar surface area (TPSA) is 69.4 Å². The van der Waals surface area contributed by atoms with Gasteiger partial charge in [0.05, 0.1) is 17.4 Å². The predicted molar refractivity (Wildman–Crippen MR) is 80.8 cm³/mol. The Morgan fingerprint density at radius 3 is 2.45 bits per heavy atom. The average Bonchev–Trinajstić information content (AvgIpc) is 2.74. The lowest BCUT2D eigenvalue weighted by molar-refractivity contribution is 0.170. The molecule has 0 saturated heterocycles. The van der Waals surface area contributed by atoms with E-state index in [1.165, 1.54) is 0 Å². The normalized spacial score (nSPS) is 18.1. The van der Waals surface area contributed by atoms with Gasteiger partial charge in [0.2, 0.25) is 10.0 Å². The molecule has 0 atom stereocenters. The Labute approximate surface area is 129 Å². The van der Waals surface area contributed by atoms with Gasteiger partial charge in [-0.25, -0.2) is 13.6 Å². The van der Waals surface area contributed by atoms with Crippen LogP contribution in [0.5, 0.6) is 5.75 Å². The largest absolute Gasteiger partial charge is 0.491 e. The van der Waals surface area contributed by atoms with Crippen LogP contribution in [0.3, 0.4) is 0 Å². The van der Waals surface area contributed by atoms with Crippen molar-refractivity contribution in [2.45, 2.75) is 25.7 Å². The first-order chi connectivity index (χ1) is 9.30. The van der Waals surface area contributed by atoms with Crippen LogP contribution in [0, 0.1) is 5.41 Å². The lowest BCUT2D eigenvalue weighted by Crippen LogP contribution is -2.36. The maximum absolute atomic E-state index is 11.4. The van der Waals surface area contributed by atoms with Crippen molar-refractivity contribution in [3.63, 3.8) is 0 Å². The minimum Gasteiger partial charge on any atom is -0.491 e. The molecule has 1 aromatic carbocycles. The van der Waals surface area contributed by atoms with Crippen LogP contribution in [-0.4, -0.2) is 20.8 Å². The van der Waals surface area contributed by atoms with Gasteiger partial charge in [-0.05, 0) is 31.0 Å². The van der Waals surface area contributed by atoms with Gasteiger partial charge in [-0.15, -0.1) is 0 Å². The van der Waals surface area contributed by atoms with E-state index in [0.717, 1.165) is 25.7 Å². The van der Waals surface area contributed by atoms with Crippen molar-refractivity contribution in [2.75, 3.05) is 12.4 Å². The molecule has 0 spiro atoms. The summed E-state index contributed by atoms with van der Waals surface area (Å²) in [5, 5.41) is 6.14. The Hall–Kier alpha value is -0.490. The molecule has 0 heterocycles. The van der Waals surface area contributed by atoms with Crippen molar-refractivity contribution >= 4 is 33.2 Å².